The van der Waals surface area contributed by atoms with Gasteiger partial charge in [-0.15, -0.1) is 0 Å². The molecule has 1 nitrogen and oxygen atoms in total. The fourth-order valence-corrected chi connectivity index (χ4v) is 1.23. The second-order valence-corrected chi connectivity index (χ2v) is 3.16. The fraction of sp³-hybridized carbons (Fsp3) is 0.400. The number of aryl methyl sites for hydroxylation is 2. The number of hydrogen-bond donors (Lipinski definition) is 0. The molecule has 0 fully saturated rings. The maximum Gasteiger partial charge on any atom is 0.0873 e. The normalized spacial score (nSPS) is 12.2. The molecule has 0 unspecified atom stereocenters. The Morgan fingerprint density at radius 3 is 2.33 bits per heavy atom. The van der Waals surface area contributed by atoms with Crippen molar-refractivity contribution in [2.75, 3.05) is 0 Å². The molecular weight excluding hydrogens is 153 g/mol. The van der Waals surface area contributed by atoms with E-state index in [9.17, 15) is 4.39 Å². The van der Waals surface area contributed by atoms with Gasteiger partial charge < -0.3 is 4.57 Å². The Hall–Kier alpha value is -1.05. The Morgan fingerprint density at radius 1 is 1.42 bits per heavy atom. The molecule has 0 N–H and O–H groups in total. The minimum atomic E-state index is 0.654. The standard InChI is InChI=1S/C10H14FN/c1-8(6-11)7-12-9(2)4-5-10(12)3/h4-6H,7H2,1-3H3/b8-6+. The highest BCUT2D eigenvalue weighted by molar-refractivity contribution is 5.15. The summed E-state index contributed by atoms with van der Waals surface area (Å²) in [5, 5.41) is 0. The molecule has 1 aromatic heterocycles. The first-order chi connectivity index (χ1) is 5.65. The summed E-state index contributed by atoms with van der Waals surface area (Å²) in [5.74, 6) is 0. The zero-order chi connectivity index (χ0) is 9.14. The van der Waals surface area contributed by atoms with Crippen molar-refractivity contribution < 1.29 is 4.39 Å². The monoisotopic (exact) mass is 167 g/mol. The third kappa shape index (κ3) is 1.76. The molecule has 0 aromatic carbocycles. The SMILES string of the molecule is C/C(=C\F)Cn1c(C)ccc1C. The average Bonchev–Trinajstić information content (AvgIpc) is 2.35. The predicted molar refractivity (Wildman–Crippen MR) is 48.8 cm³/mol. The number of halogens is 1. The Bertz CT molecular complexity index is 277. The lowest BCUT2D eigenvalue weighted by atomic mass is 10.3. The van der Waals surface area contributed by atoms with Crippen LogP contribution in [-0.4, -0.2) is 4.57 Å². The lowest BCUT2D eigenvalue weighted by Crippen LogP contribution is -2.02. The van der Waals surface area contributed by atoms with Gasteiger partial charge >= 0.3 is 0 Å². The zero-order valence-electron chi connectivity index (χ0n) is 7.76. The molecule has 0 atom stereocenters. The third-order valence-electron chi connectivity index (χ3n) is 2.01. The van der Waals surface area contributed by atoms with Crippen LogP contribution >= 0.6 is 0 Å². The van der Waals surface area contributed by atoms with Gasteiger partial charge in [0.25, 0.3) is 0 Å². The predicted octanol–water partition coefficient (Wildman–Crippen LogP) is 2.98. The molecule has 0 spiro atoms. The van der Waals surface area contributed by atoms with E-state index in [1.54, 1.807) is 6.92 Å². The van der Waals surface area contributed by atoms with Gasteiger partial charge in [0, 0.05) is 17.9 Å². The van der Waals surface area contributed by atoms with E-state index in [0.717, 1.165) is 5.57 Å². The highest BCUT2D eigenvalue weighted by Crippen LogP contribution is 2.09. The highest BCUT2D eigenvalue weighted by Gasteiger charge is 2.00. The molecule has 1 aromatic rings. The van der Waals surface area contributed by atoms with E-state index in [2.05, 4.69) is 4.57 Å². The molecular formula is C10H14FN. The second kappa shape index (κ2) is 3.57. The van der Waals surface area contributed by atoms with Gasteiger partial charge in [0.15, 0.2) is 0 Å². The second-order valence-electron chi connectivity index (χ2n) is 3.16. The topological polar surface area (TPSA) is 4.93 Å². The number of allylic oxidation sites excluding steroid dienone is 1. The number of aromatic nitrogens is 1. The van der Waals surface area contributed by atoms with Crippen molar-refractivity contribution in [2.45, 2.75) is 27.3 Å². The molecule has 0 bridgehead atoms. The molecule has 0 aliphatic heterocycles. The van der Waals surface area contributed by atoms with Gasteiger partial charge in [0.05, 0.1) is 6.33 Å². The third-order valence-corrected chi connectivity index (χ3v) is 2.01. The van der Waals surface area contributed by atoms with E-state index in [1.165, 1.54) is 11.4 Å². The molecule has 1 rings (SSSR count). The van der Waals surface area contributed by atoms with E-state index in [0.29, 0.717) is 12.9 Å². The van der Waals surface area contributed by atoms with Crippen molar-refractivity contribution >= 4 is 0 Å². The van der Waals surface area contributed by atoms with E-state index >= 15 is 0 Å². The van der Waals surface area contributed by atoms with Gasteiger partial charge in [-0.05, 0) is 38.5 Å². The van der Waals surface area contributed by atoms with Crippen molar-refractivity contribution in [2.24, 2.45) is 0 Å². The van der Waals surface area contributed by atoms with Crippen LogP contribution in [0.1, 0.15) is 18.3 Å². The van der Waals surface area contributed by atoms with Crippen LogP contribution in [0.25, 0.3) is 0 Å². The van der Waals surface area contributed by atoms with Crippen molar-refractivity contribution in [3.63, 3.8) is 0 Å². The van der Waals surface area contributed by atoms with E-state index in [1.807, 2.05) is 26.0 Å². The van der Waals surface area contributed by atoms with Gasteiger partial charge in [-0.2, -0.15) is 0 Å². The first-order valence-electron chi connectivity index (χ1n) is 4.03. The summed E-state index contributed by atoms with van der Waals surface area (Å²) >= 11 is 0. The molecule has 2 heteroatoms. The summed E-state index contributed by atoms with van der Waals surface area (Å²) in [6.45, 7) is 6.50. The smallest absolute Gasteiger partial charge is 0.0873 e. The van der Waals surface area contributed by atoms with Crippen LogP contribution in [0.5, 0.6) is 0 Å². The van der Waals surface area contributed by atoms with Crippen LogP contribution in [-0.2, 0) is 6.54 Å². The van der Waals surface area contributed by atoms with E-state index in [-0.39, 0.29) is 0 Å². The lowest BCUT2D eigenvalue weighted by molar-refractivity contribution is 0.669. The minimum absolute atomic E-state index is 0.654. The molecule has 0 radical (unpaired) electrons. The van der Waals surface area contributed by atoms with Crippen LogP contribution in [0.15, 0.2) is 24.0 Å². The Balaban J connectivity index is 2.88. The maximum atomic E-state index is 12.1. The number of hydrogen-bond acceptors (Lipinski definition) is 0. The number of rotatable bonds is 2. The quantitative estimate of drug-likeness (QED) is 0.638. The molecule has 66 valence electrons. The van der Waals surface area contributed by atoms with Crippen molar-refractivity contribution in [1.82, 2.24) is 4.57 Å². The van der Waals surface area contributed by atoms with Crippen LogP contribution in [0.3, 0.4) is 0 Å². The van der Waals surface area contributed by atoms with Gasteiger partial charge in [-0.3, -0.25) is 0 Å². The Morgan fingerprint density at radius 2 is 1.92 bits per heavy atom. The molecule has 0 saturated carbocycles. The highest BCUT2D eigenvalue weighted by atomic mass is 19.1. The summed E-state index contributed by atoms with van der Waals surface area (Å²) < 4.78 is 14.2. The van der Waals surface area contributed by atoms with E-state index < -0.39 is 0 Å². The Labute approximate surface area is 72.5 Å². The summed E-state index contributed by atoms with van der Waals surface area (Å²) in [6, 6.07) is 4.09. The van der Waals surface area contributed by atoms with Crippen molar-refractivity contribution in [1.29, 1.82) is 0 Å². The molecule has 0 saturated heterocycles. The summed E-state index contributed by atoms with van der Waals surface area (Å²) in [7, 11) is 0. The van der Waals surface area contributed by atoms with Crippen LogP contribution in [0.2, 0.25) is 0 Å². The Kier molecular flexibility index (Phi) is 2.69. The largest absolute Gasteiger partial charge is 0.345 e. The van der Waals surface area contributed by atoms with Gasteiger partial charge in [0.1, 0.15) is 0 Å². The fourth-order valence-electron chi connectivity index (χ4n) is 1.23. The number of nitrogens with zero attached hydrogens (tertiary/aromatic N) is 1. The zero-order valence-corrected chi connectivity index (χ0v) is 7.76. The van der Waals surface area contributed by atoms with Crippen LogP contribution in [0, 0.1) is 13.8 Å². The summed E-state index contributed by atoms with van der Waals surface area (Å²) in [4.78, 5) is 0. The van der Waals surface area contributed by atoms with Crippen LogP contribution < -0.4 is 0 Å². The molecule has 0 aliphatic rings. The van der Waals surface area contributed by atoms with Crippen molar-refractivity contribution in [3.05, 3.63) is 35.4 Å². The first kappa shape index (κ1) is 9.04. The average molecular weight is 167 g/mol. The summed E-state index contributed by atoms with van der Waals surface area (Å²) in [6.07, 6.45) is 0.666. The minimum Gasteiger partial charge on any atom is -0.345 e. The van der Waals surface area contributed by atoms with E-state index in [4.69, 9.17) is 0 Å². The van der Waals surface area contributed by atoms with Gasteiger partial charge in [0.2, 0.25) is 0 Å². The first-order valence-corrected chi connectivity index (χ1v) is 4.03. The molecule has 0 amide bonds. The van der Waals surface area contributed by atoms with Crippen LogP contribution in [0.4, 0.5) is 4.39 Å². The molecule has 1 heterocycles. The van der Waals surface area contributed by atoms with Crippen molar-refractivity contribution in [3.8, 4) is 0 Å². The molecule has 12 heavy (non-hydrogen) atoms. The summed E-state index contributed by atoms with van der Waals surface area (Å²) in [5.41, 5.74) is 3.10. The van der Waals surface area contributed by atoms with Gasteiger partial charge in [-0.25, -0.2) is 4.39 Å². The lowest BCUT2D eigenvalue weighted by Gasteiger charge is -2.07. The maximum absolute atomic E-state index is 12.1. The molecule has 0 aliphatic carbocycles. The van der Waals surface area contributed by atoms with Gasteiger partial charge in [-0.1, -0.05) is 0 Å².